The molecule has 0 aliphatic rings. The Morgan fingerprint density at radius 1 is 0.939 bits per heavy atom. The van der Waals surface area contributed by atoms with Crippen LogP contribution in [0, 0.1) is 6.92 Å². The van der Waals surface area contributed by atoms with Gasteiger partial charge in [0.2, 0.25) is 0 Å². The van der Waals surface area contributed by atoms with E-state index in [0.29, 0.717) is 13.2 Å². The number of anilines is 1. The number of rotatable bonds is 9. The van der Waals surface area contributed by atoms with Crippen LogP contribution in [-0.2, 0) is 24.4 Å². The summed E-state index contributed by atoms with van der Waals surface area (Å²) in [5.74, 6) is 1.64. The fourth-order valence-corrected chi connectivity index (χ4v) is 3.85. The summed E-state index contributed by atoms with van der Waals surface area (Å²) in [6.07, 6.45) is 0. The number of aromatic nitrogens is 3. The Morgan fingerprint density at radius 3 is 2.09 bits per heavy atom. The average Bonchev–Trinajstić information content (AvgIpc) is 3.14. The van der Waals surface area contributed by atoms with Gasteiger partial charge in [-0.05, 0) is 44.9 Å². The lowest BCUT2D eigenvalue weighted by molar-refractivity contribution is 0.126. The Bertz CT molecular complexity index is 1190. The van der Waals surface area contributed by atoms with Gasteiger partial charge in [-0.3, -0.25) is 0 Å². The molecule has 0 saturated carbocycles. The summed E-state index contributed by atoms with van der Waals surface area (Å²) in [5.41, 5.74) is 6.11. The molecule has 6 heteroatoms. The number of imidazole rings is 1. The zero-order valence-electron chi connectivity index (χ0n) is 19.8. The number of nitrogens with zero attached hydrogens (tertiary/aromatic N) is 5. The summed E-state index contributed by atoms with van der Waals surface area (Å²) in [6, 6.07) is 23.0. The largest absolute Gasteiger partial charge is 0.374 e. The fraction of sp³-hybridized carbons (Fsp3) is 0.296. The van der Waals surface area contributed by atoms with Gasteiger partial charge in [0, 0.05) is 31.1 Å². The number of pyridine rings is 1. The Kier molecular flexibility index (Phi) is 7.15. The first kappa shape index (κ1) is 22.7. The minimum absolute atomic E-state index is 0.401. The van der Waals surface area contributed by atoms with Crippen LogP contribution < -0.4 is 4.90 Å². The molecular formula is C27H31N5O. The maximum absolute atomic E-state index is 5.71. The van der Waals surface area contributed by atoms with Crippen molar-refractivity contribution in [3.8, 4) is 0 Å². The van der Waals surface area contributed by atoms with Crippen molar-refractivity contribution in [3.05, 3.63) is 89.4 Å². The third-order valence-corrected chi connectivity index (χ3v) is 5.26. The lowest BCUT2D eigenvalue weighted by Gasteiger charge is -2.25. The third kappa shape index (κ3) is 5.46. The molecule has 0 bridgehead atoms. The predicted molar refractivity (Wildman–Crippen MR) is 135 cm³/mol. The topological polar surface area (TPSA) is 55.5 Å². The zero-order valence-corrected chi connectivity index (χ0v) is 19.8. The first-order valence-corrected chi connectivity index (χ1v) is 11.4. The van der Waals surface area contributed by atoms with Gasteiger partial charge in [-0.2, -0.15) is 5.10 Å². The Morgan fingerprint density at radius 2 is 1.55 bits per heavy atom. The molecule has 0 radical (unpaired) electrons. The minimum atomic E-state index is 0.401. The number of hydrogen-bond donors (Lipinski definition) is 0. The normalized spacial score (nSPS) is 11.0. The summed E-state index contributed by atoms with van der Waals surface area (Å²) in [5, 5.41) is 4.75. The van der Waals surface area contributed by atoms with Crippen LogP contribution in [0.25, 0.3) is 11.0 Å². The number of fused-ring (bicyclic) bond motifs is 1. The van der Waals surface area contributed by atoms with Crippen molar-refractivity contribution in [1.29, 1.82) is 0 Å². The smallest absolute Gasteiger partial charge is 0.157 e. The highest BCUT2D eigenvalue weighted by Crippen LogP contribution is 2.29. The quantitative estimate of drug-likeness (QED) is 0.311. The van der Waals surface area contributed by atoms with Crippen LogP contribution in [0.3, 0.4) is 0 Å². The van der Waals surface area contributed by atoms with Gasteiger partial charge in [0.15, 0.2) is 11.6 Å². The molecule has 0 spiro atoms. The molecule has 0 amide bonds. The summed E-state index contributed by atoms with van der Waals surface area (Å²) >= 11 is 0. The molecule has 4 aromatic rings. The van der Waals surface area contributed by atoms with E-state index in [1.807, 2.05) is 44.5 Å². The summed E-state index contributed by atoms with van der Waals surface area (Å²) in [4.78, 5) is 12.2. The highest BCUT2D eigenvalue weighted by atomic mass is 16.5. The van der Waals surface area contributed by atoms with Crippen molar-refractivity contribution in [2.24, 2.45) is 5.10 Å². The van der Waals surface area contributed by atoms with Gasteiger partial charge in [0.1, 0.15) is 12.1 Å². The fourth-order valence-electron chi connectivity index (χ4n) is 3.85. The molecule has 0 unspecified atom stereocenters. The first-order valence-electron chi connectivity index (χ1n) is 11.4. The van der Waals surface area contributed by atoms with Crippen molar-refractivity contribution < 1.29 is 4.74 Å². The predicted octanol–water partition coefficient (Wildman–Crippen LogP) is 5.73. The van der Waals surface area contributed by atoms with E-state index >= 15 is 0 Å². The molecule has 33 heavy (non-hydrogen) atoms. The van der Waals surface area contributed by atoms with Crippen LogP contribution in [0.1, 0.15) is 43.4 Å². The Hall–Kier alpha value is -3.51. The van der Waals surface area contributed by atoms with Gasteiger partial charge >= 0.3 is 0 Å². The van der Waals surface area contributed by atoms with Gasteiger partial charge < -0.3 is 9.64 Å². The van der Waals surface area contributed by atoms with Crippen LogP contribution in [-0.4, -0.2) is 27.0 Å². The molecule has 2 aromatic carbocycles. The lowest BCUT2D eigenvalue weighted by atomic mass is 10.1. The number of hydrogen-bond acceptors (Lipinski definition) is 5. The summed E-state index contributed by atoms with van der Waals surface area (Å²) in [7, 11) is 0. The van der Waals surface area contributed by atoms with Crippen molar-refractivity contribution in [2.45, 2.75) is 47.4 Å². The van der Waals surface area contributed by atoms with E-state index in [2.05, 4.69) is 59.5 Å². The maximum Gasteiger partial charge on any atom is 0.157 e. The average molecular weight is 442 g/mol. The first-order chi connectivity index (χ1) is 16.0. The number of aryl methyl sites for hydroxylation is 1. The number of benzene rings is 2. The van der Waals surface area contributed by atoms with E-state index < -0.39 is 0 Å². The van der Waals surface area contributed by atoms with Crippen LogP contribution in [0.5, 0.6) is 0 Å². The van der Waals surface area contributed by atoms with E-state index in [9.17, 15) is 0 Å². The van der Waals surface area contributed by atoms with Crippen molar-refractivity contribution in [1.82, 2.24) is 14.6 Å². The number of ether oxygens (including phenoxy) is 1. The molecule has 0 aliphatic heterocycles. The van der Waals surface area contributed by atoms with E-state index in [1.165, 1.54) is 11.1 Å². The second-order valence-electron chi connectivity index (χ2n) is 8.31. The van der Waals surface area contributed by atoms with Crippen LogP contribution in [0.4, 0.5) is 5.82 Å². The second kappa shape index (κ2) is 10.4. The summed E-state index contributed by atoms with van der Waals surface area (Å²) < 4.78 is 7.61. The lowest BCUT2D eigenvalue weighted by Crippen LogP contribution is -2.23. The molecule has 2 aromatic heterocycles. The molecule has 0 N–H and O–H groups in total. The van der Waals surface area contributed by atoms with Crippen molar-refractivity contribution >= 4 is 22.6 Å². The molecule has 6 nitrogen and oxygen atoms in total. The van der Waals surface area contributed by atoms with Crippen LogP contribution in [0.15, 0.2) is 71.8 Å². The Balaban J connectivity index is 1.87. The highest BCUT2D eigenvalue weighted by molar-refractivity contribution is 5.88. The van der Waals surface area contributed by atoms with Gasteiger partial charge in [-0.15, -0.1) is 0 Å². The van der Waals surface area contributed by atoms with Crippen molar-refractivity contribution in [3.63, 3.8) is 0 Å². The van der Waals surface area contributed by atoms with E-state index in [4.69, 9.17) is 19.8 Å². The monoisotopic (exact) mass is 441 g/mol. The van der Waals surface area contributed by atoms with Gasteiger partial charge in [-0.1, -0.05) is 60.7 Å². The summed E-state index contributed by atoms with van der Waals surface area (Å²) in [6.45, 7) is 10.5. The molecule has 2 heterocycles. The zero-order chi connectivity index (χ0) is 23.2. The maximum atomic E-state index is 5.71. The third-order valence-electron chi connectivity index (χ3n) is 5.26. The van der Waals surface area contributed by atoms with E-state index in [1.54, 1.807) is 0 Å². The second-order valence-corrected chi connectivity index (χ2v) is 8.31. The Labute approximate surface area is 195 Å². The molecule has 170 valence electrons. The van der Waals surface area contributed by atoms with Gasteiger partial charge in [-0.25, -0.2) is 14.6 Å². The van der Waals surface area contributed by atoms with E-state index in [0.717, 1.165) is 47.2 Å². The SMILES string of the molecule is CCOCc1nc2c(N(Cc3ccccc3)Cc3ccccc3)nc(C)cc2n1N=C(C)C. The van der Waals surface area contributed by atoms with Crippen LogP contribution in [0.2, 0.25) is 0 Å². The molecule has 4 rings (SSSR count). The van der Waals surface area contributed by atoms with Crippen molar-refractivity contribution in [2.75, 3.05) is 11.5 Å². The highest BCUT2D eigenvalue weighted by Gasteiger charge is 2.20. The van der Waals surface area contributed by atoms with E-state index in [-0.39, 0.29) is 0 Å². The van der Waals surface area contributed by atoms with Gasteiger partial charge in [0.25, 0.3) is 0 Å². The molecule has 0 atom stereocenters. The molecule has 0 saturated heterocycles. The molecular weight excluding hydrogens is 410 g/mol. The molecule has 0 fully saturated rings. The molecule has 0 aliphatic carbocycles. The van der Waals surface area contributed by atoms with Crippen LogP contribution >= 0.6 is 0 Å². The standard InChI is InChI=1S/C27H31N5O/c1-5-33-19-25-29-26-24(32(25)30-20(2)3)16-21(4)28-27(26)31(17-22-12-8-6-9-13-22)18-23-14-10-7-11-15-23/h6-16H,5,17-19H2,1-4H3. The minimum Gasteiger partial charge on any atom is -0.374 e. The van der Waals surface area contributed by atoms with Gasteiger partial charge in [0.05, 0.1) is 5.52 Å².